The van der Waals surface area contributed by atoms with Crippen LogP contribution in [0.2, 0.25) is 0 Å². The average Bonchev–Trinajstić information content (AvgIpc) is 2.26. The minimum atomic E-state index is 0.00319. The molecule has 0 N–H and O–H groups in total. The van der Waals surface area contributed by atoms with E-state index < -0.39 is 0 Å². The molecule has 0 spiro atoms. The van der Waals surface area contributed by atoms with Crippen LogP contribution < -0.4 is 0 Å². The van der Waals surface area contributed by atoms with Gasteiger partial charge in [0.25, 0.3) is 0 Å². The molecule has 15 heavy (non-hydrogen) atoms. The van der Waals surface area contributed by atoms with Crippen molar-refractivity contribution in [2.45, 2.75) is 45.8 Å². The van der Waals surface area contributed by atoms with Gasteiger partial charge in [-0.05, 0) is 18.2 Å². The SMILES string of the molecule is CCCCC(C)CPCCC(OC)OC. The quantitative estimate of drug-likeness (QED) is 0.327. The average molecular weight is 234 g/mol. The molecule has 92 valence electrons. The first-order valence-electron chi connectivity index (χ1n) is 6.00. The molecule has 0 aliphatic carbocycles. The second kappa shape index (κ2) is 10.9. The van der Waals surface area contributed by atoms with E-state index in [1.165, 1.54) is 31.6 Å². The molecule has 0 bridgehead atoms. The van der Waals surface area contributed by atoms with E-state index >= 15 is 0 Å². The minimum absolute atomic E-state index is 0.00319. The molecule has 0 rings (SSSR count). The first-order chi connectivity index (χ1) is 7.24. The first-order valence-corrected chi connectivity index (χ1v) is 7.42. The Morgan fingerprint density at radius 1 is 1.13 bits per heavy atom. The zero-order valence-electron chi connectivity index (χ0n) is 10.7. The molecule has 0 fully saturated rings. The van der Waals surface area contributed by atoms with Crippen LogP contribution in [0.3, 0.4) is 0 Å². The van der Waals surface area contributed by atoms with E-state index in [0.29, 0.717) is 0 Å². The van der Waals surface area contributed by atoms with E-state index in [0.717, 1.165) is 20.9 Å². The maximum Gasteiger partial charge on any atom is 0.157 e. The van der Waals surface area contributed by atoms with E-state index in [4.69, 9.17) is 9.47 Å². The van der Waals surface area contributed by atoms with Crippen LogP contribution in [0.1, 0.15) is 39.5 Å². The van der Waals surface area contributed by atoms with Gasteiger partial charge in [-0.1, -0.05) is 33.1 Å². The van der Waals surface area contributed by atoms with Crippen molar-refractivity contribution in [1.29, 1.82) is 0 Å². The molecular formula is C12H27O2P. The van der Waals surface area contributed by atoms with E-state index in [1.54, 1.807) is 14.2 Å². The Morgan fingerprint density at radius 3 is 2.33 bits per heavy atom. The smallest absolute Gasteiger partial charge is 0.157 e. The summed E-state index contributed by atoms with van der Waals surface area (Å²) < 4.78 is 10.3. The third-order valence-corrected chi connectivity index (χ3v) is 4.25. The molecular weight excluding hydrogens is 207 g/mol. The van der Waals surface area contributed by atoms with Crippen LogP contribution in [-0.4, -0.2) is 32.8 Å². The van der Waals surface area contributed by atoms with Gasteiger partial charge in [0.2, 0.25) is 0 Å². The van der Waals surface area contributed by atoms with Gasteiger partial charge in [0, 0.05) is 20.6 Å². The lowest BCUT2D eigenvalue weighted by atomic mass is 10.1. The van der Waals surface area contributed by atoms with Crippen molar-refractivity contribution in [3.05, 3.63) is 0 Å². The van der Waals surface area contributed by atoms with Crippen molar-refractivity contribution in [2.75, 3.05) is 26.5 Å². The summed E-state index contributed by atoms with van der Waals surface area (Å²) in [6, 6.07) is 0. The van der Waals surface area contributed by atoms with Gasteiger partial charge >= 0.3 is 0 Å². The van der Waals surface area contributed by atoms with Crippen molar-refractivity contribution in [3.8, 4) is 0 Å². The monoisotopic (exact) mass is 234 g/mol. The molecule has 0 amide bonds. The lowest BCUT2D eigenvalue weighted by Crippen LogP contribution is -2.13. The number of ether oxygens (including phenoxy) is 2. The summed E-state index contributed by atoms with van der Waals surface area (Å²) in [4.78, 5) is 0. The maximum atomic E-state index is 5.15. The van der Waals surface area contributed by atoms with Crippen LogP contribution in [0.4, 0.5) is 0 Å². The van der Waals surface area contributed by atoms with Gasteiger partial charge in [0.1, 0.15) is 0 Å². The number of unbranched alkanes of at least 4 members (excludes halogenated alkanes) is 1. The topological polar surface area (TPSA) is 18.5 Å². The van der Waals surface area contributed by atoms with Crippen LogP contribution in [-0.2, 0) is 9.47 Å². The number of rotatable bonds is 10. The standard InChI is InChI=1S/C12H27O2P/c1-5-6-7-11(2)10-15-9-8-12(13-3)14-4/h11-12,15H,5-10H2,1-4H3. The van der Waals surface area contributed by atoms with Crippen LogP contribution >= 0.6 is 8.58 Å². The lowest BCUT2D eigenvalue weighted by Gasteiger charge is -2.14. The van der Waals surface area contributed by atoms with Crippen molar-refractivity contribution in [2.24, 2.45) is 5.92 Å². The van der Waals surface area contributed by atoms with Gasteiger partial charge < -0.3 is 9.47 Å². The van der Waals surface area contributed by atoms with Crippen LogP contribution in [0.5, 0.6) is 0 Å². The molecule has 0 aliphatic rings. The predicted molar refractivity (Wildman–Crippen MR) is 69.2 cm³/mol. The molecule has 0 saturated carbocycles. The third-order valence-electron chi connectivity index (χ3n) is 2.63. The highest BCUT2D eigenvalue weighted by atomic mass is 31.1. The predicted octanol–water partition coefficient (Wildman–Crippen LogP) is 3.50. The normalized spacial score (nSPS) is 14.2. The molecule has 2 atom stereocenters. The number of hydrogen-bond donors (Lipinski definition) is 0. The highest BCUT2D eigenvalue weighted by Gasteiger charge is 2.05. The fourth-order valence-corrected chi connectivity index (χ4v) is 2.90. The Balaban J connectivity index is 3.29. The van der Waals surface area contributed by atoms with Crippen LogP contribution in [0, 0.1) is 5.92 Å². The fourth-order valence-electron chi connectivity index (χ4n) is 1.55. The molecule has 0 heterocycles. The van der Waals surface area contributed by atoms with Gasteiger partial charge in [-0.25, -0.2) is 0 Å². The number of methoxy groups -OCH3 is 2. The summed E-state index contributed by atoms with van der Waals surface area (Å²) in [5, 5.41) is 0. The molecule has 0 aromatic carbocycles. The van der Waals surface area contributed by atoms with E-state index in [9.17, 15) is 0 Å². The largest absolute Gasteiger partial charge is 0.356 e. The summed E-state index contributed by atoms with van der Waals surface area (Å²) in [5.74, 6) is 0.895. The van der Waals surface area contributed by atoms with Gasteiger partial charge in [-0.15, -0.1) is 8.58 Å². The zero-order valence-corrected chi connectivity index (χ0v) is 11.7. The Kier molecular flexibility index (Phi) is 11.1. The summed E-state index contributed by atoms with van der Waals surface area (Å²) in [6.07, 6.45) is 7.74. The van der Waals surface area contributed by atoms with Crippen molar-refractivity contribution in [3.63, 3.8) is 0 Å². The molecule has 0 saturated heterocycles. The van der Waals surface area contributed by atoms with E-state index in [2.05, 4.69) is 13.8 Å². The van der Waals surface area contributed by atoms with Crippen LogP contribution in [0.15, 0.2) is 0 Å². The zero-order chi connectivity index (χ0) is 11.5. The van der Waals surface area contributed by atoms with Gasteiger partial charge in [0.15, 0.2) is 6.29 Å². The Hall–Kier alpha value is 0.350. The summed E-state index contributed by atoms with van der Waals surface area (Å²) in [6.45, 7) is 4.63. The van der Waals surface area contributed by atoms with Crippen molar-refractivity contribution < 1.29 is 9.47 Å². The minimum Gasteiger partial charge on any atom is -0.356 e. The van der Waals surface area contributed by atoms with E-state index in [-0.39, 0.29) is 6.29 Å². The summed E-state index contributed by atoms with van der Waals surface area (Å²) in [7, 11) is 4.48. The molecule has 0 aliphatic heterocycles. The molecule has 3 heteroatoms. The highest BCUT2D eigenvalue weighted by molar-refractivity contribution is 7.37. The summed E-state index contributed by atoms with van der Waals surface area (Å²) in [5.41, 5.74) is 0. The Labute approximate surface area is 96.9 Å². The molecule has 0 aromatic rings. The molecule has 0 radical (unpaired) electrons. The van der Waals surface area contributed by atoms with Gasteiger partial charge in [0.05, 0.1) is 0 Å². The second-order valence-electron chi connectivity index (χ2n) is 4.14. The molecule has 2 nitrogen and oxygen atoms in total. The van der Waals surface area contributed by atoms with Crippen molar-refractivity contribution >= 4 is 8.58 Å². The number of hydrogen-bond acceptors (Lipinski definition) is 2. The van der Waals surface area contributed by atoms with Crippen LogP contribution in [0.25, 0.3) is 0 Å². The Morgan fingerprint density at radius 2 is 1.80 bits per heavy atom. The molecule has 2 unspecified atom stereocenters. The maximum absolute atomic E-state index is 5.15. The van der Waals surface area contributed by atoms with E-state index in [1.807, 2.05) is 0 Å². The lowest BCUT2D eigenvalue weighted by molar-refractivity contribution is -0.102. The van der Waals surface area contributed by atoms with Gasteiger partial charge in [-0.2, -0.15) is 0 Å². The van der Waals surface area contributed by atoms with Gasteiger partial charge in [-0.3, -0.25) is 0 Å². The first kappa shape index (κ1) is 15.3. The second-order valence-corrected chi connectivity index (χ2v) is 5.55. The Bertz CT molecular complexity index is 127. The highest BCUT2D eigenvalue weighted by Crippen LogP contribution is 2.21. The summed E-state index contributed by atoms with van der Waals surface area (Å²) >= 11 is 0. The van der Waals surface area contributed by atoms with Crippen molar-refractivity contribution in [1.82, 2.24) is 0 Å². The fraction of sp³-hybridized carbons (Fsp3) is 1.00. The molecule has 0 aromatic heterocycles. The third kappa shape index (κ3) is 9.29.